The van der Waals surface area contributed by atoms with Crippen LogP contribution in [0.1, 0.15) is 25.3 Å². The van der Waals surface area contributed by atoms with Crippen molar-refractivity contribution in [2.45, 2.75) is 25.9 Å². The van der Waals surface area contributed by atoms with Crippen molar-refractivity contribution in [1.82, 2.24) is 4.90 Å². The van der Waals surface area contributed by atoms with Crippen molar-refractivity contribution in [3.63, 3.8) is 0 Å². The molecule has 3 heteroatoms. The first-order chi connectivity index (χ1) is 8.15. The van der Waals surface area contributed by atoms with Crippen molar-refractivity contribution in [2.75, 3.05) is 13.1 Å². The standard InChI is InChI=1S/C14H17NO2/c1-11-4-3-5-14(10-11)17-13-6-8-15(9-7-13)12(2)16/h1,3-5,10,13H,6-9H2,2H3. The summed E-state index contributed by atoms with van der Waals surface area (Å²) >= 11 is 0. The topological polar surface area (TPSA) is 29.5 Å². The molecule has 1 aliphatic heterocycles. The van der Waals surface area contributed by atoms with Crippen LogP contribution in [0.3, 0.4) is 0 Å². The maximum atomic E-state index is 11.2. The van der Waals surface area contributed by atoms with E-state index >= 15 is 0 Å². The smallest absolute Gasteiger partial charge is 0.219 e. The number of ether oxygens (including phenoxy) is 1. The van der Waals surface area contributed by atoms with Gasteiger partial charge in [-0.3, -0.25) is 4.79 Å². The van der Waals surface area contributed by atoms with E-state index in [2.05, 4.69) is 0 Å². The molecule has 1 aromatic rings. The van der Waals surface area contributed by atoms with Crippen LogP contribution in [0.5, 0.6) is 5.75 Å². The van der Waals surface area contributed by atoms with Gasteiger partial charge in [-0.1, -0.05) is 12.1 Å². The molecule has 0 unspecified atom stereocenters. The van der Waals surface area contributed by atoms with Crippen molar-refractivity contribution in [2.24, 2.45) is 0 Å². The van der Waals surface area contributed by atoms with Gasteiger partial charge in [-0.25, -0.2) is 0 Å². The van der Waals surface area contributed by atoms with E-state index in [9.17, 15) is 4.79 Å². The van der Waals surface area contributed by atoms with E-state index in [1.807, 2.05) is 29.2 Å². The van der Waals surface area contributed by atoms with E-state index < -0.39 is 0 Å². The Morgan fingerprint density at radius 1 is 1.41 bits per heavy atom. The van der Waals surface area contributed by atoms with Gasteiger partial charge in [-0.05, 0) is 24.6 Å². The molecule has 0 aromatic heterocycles. The Hall–Kier alpha value is -1.51. The summed E-state index contributed by atoms with van der Waals surface area (Å²) in [6.07, 6.45) is 1.95. The van der Waals surface area contributed by atoms with Gasteiger partial charge in [0.15, 0.2) is 0 Å². The van der Waals surface area contributed by atoms with E-state index in [1.165, 1.54) is 0 Å². The van der Waals surface area contributed by atoms with E-state index in [0.29, 0.717) is 5.56 Å². The van der Waals surface area contributed by atoms with E-state index in [1.54, 1.807) is 6.92 Å². The van der Waals surface area contributed by atoms with Crippen LogP contribution in [0.25, 0.3) is 0 Å². The lowest BCUT2D eigenvalue weighted by atomic mass is 10.1. The Morgan fingerprint density at radius 2 is 2.12 bits per heavy atom. The molecule has 0 aliphatic carbocycles. The quantitative estimate of drug-likeness (QED) is 0.780. The molecule has 3 nitrogen and oxygen atoms in total. The summed E-state index contributed by atoms with van der Waals surface area (Å²) < 4.78 is 5.85. The van der Waals surface area contributed by atoms with Gasteiger partial charge < -0.3 is 9.64 Å². The zero-order chi connectivity index (χ0) is 12.3. The highest BCUT2D eigenvalue weighted by Crippen LogP contribution is 2.19. The van der Waals surface area contributed by atoms with Crippen LogP contribution in [0.4, 0.5) is 0 Å². The van der Waals surface area contributed by atoms with Gasteiger partial charge in [0, 0.05) is 32.9 Å². The predicted octanol–water partition coefficient (Wildman–Crippen LogP) is 2.14. The first-order valence-electron chi connectivity index (χ1n) is 5.93. The summed E-state index contributed by atoms with van der Waals surface area (Å²) in [5.74, 6) is 0.957. The number of likely N-dealkylation sites (tertiary alicyclic amines) is 1. The van der Waals surface area contributed by atoms with E-state index in [-0.39, 0.29) is 12.0 Å². The Kier molecular flexibility index (Phi) is 3.67. The summed E-state index contributed by atoms with van der Waals surface area (Å²) in [5.41, 5.74) is 0.712. The predicted molar refractivity (Wildman–Crippen MR) is 65.7 cm³/mol. The molecule has 17 heavy (non-hydrogen) atoms. The van der Waals surface area contributed by atoms with Crippen LogP contribution in [0.2, 0.25) is 0 Å². The molecule has 1 aromatic carbocycles. The number of piperidine rings is 1. The number of hydrogen-bond acceptors (Lipinski definition) is 2. The Labute approximate surface area is 102 Å². The average Bonchev–Trinajstić information content (AvgIpc) is 2.29. The molecule has 0 atom stereocenters. The Bertz CT molecular complexity index is 395. The number of carbonyl (C=O) groups is 1. The molecular weight excluding hydrogens is 214 g/mol. The molecule has 2 radical (unpaired) electrons. The van der Waals surface area contributed by atoms with Gasteiger partial charge in [0.05, 0.1) is 0 Å². The number of benzene rings is 1. The SMILES string of the molecule is [CH]c1cccc(OC2CCN(C(C)=O)CC2)c1. The molecule has 0 N–H and O–H groups in total. The fraction of sp³-hybridized carbons (Fsp3) is 0.429. The zero-order valence-electron chi connectivity index (χ0n) is 10.1. The summed E-state index contributed by atoms with van der Waals surface area (Å²) in [6.45, 7) is 8.86. The lowest BCUT2D eigenvalue weighted by molar-refractivity contribution is -0.130. The van der Waals surface area contributed by atoms with Crippen molar-refractivity contribution >= 4 is 5.91 Å². The maximum Gasteiger partial charge on any atom is 0.219 e. The molecule has 1 aliphatic rings. The van der Waals surface area contributed by atoms with Crippen LogP contribution in [-0.2, 0) is 4.79 Å². The molecule has 2 rings (SSSR count). The van der Waals surface area contributed by atoms with Gasteiger partial charge in [0.2, 0.25) is 5.91 Å². The van der Waals surface area contributed by atoms with Crippen LogP contribution >= 0.6 is 0 Å². The van der Waals surface area contributed by atoms with Crippen LogP contribution in [0, 0.1) is 6.92 Å². The number of carbonyl (C=O) groups excluding carboxylic acids is 1. The summed E-state index contributed by atoms with van der Waals surface area (Å²) in [6, 6.07) is 7.46. The highest BCUT2D eigenvalue weighted by atomic mass is 16.5. The molecule has 1 heterocycles. The summed E-state index contributed by atoms with van der Waals surface area (Å²) in [4.78, 5) is 13.0. The van der Waals surface area contributed by atoms with Crippen molar-refractivity contribution in [1.29, 1.82) is 0 Å². The molecule has 90 valence electrons. The second kappa shape index (κ2) is 5.21. The second-order valence-electron chi connectivity index (χ2n) is 4.40. The third-order valence-corrected chi connectivity index (χ3v) is 3.05. The van der Waals surface area contributed by atoms with Crippen LogP contribution in [0.15, 0.2) is 24.3 Å². The Balaban J connectivity index is 1.88. The van der Waals surface area contributed by atoms with Crippen molar-refractivity contribution in [3.8, 4) is 5.75 Å². The number of hydrogen-bond donors (Lipinski definition) is 0. The molecule has 1 saturated heterocycles. The Morgan fingerprint density at radius 3 is 2.71 bits per heavy atom. The normalized spacial score (nSPS) is 16.9. The third kappa shape index (κ3) is 3.22. The van der Waals surface area contributed by atoms with Gasteiger partial charge in [-0.2, -0.15) is 0 Å². The molecule has 0 spiro atoms. The molecule has 1 fully saturated rings. The van der Waals surface area contributed by atoms with Gasteiger partial charge in [0.1, 0.15) is 11.9 Å². The number of nitrogens with zero attached hydrogens (tertiary/aromatic N) is 1. The number of rotatable bonds is 2. The zero-order valence-corrected chi connectivity index (χ0v) is 10.1. The largest absolute Gasteiger partial charge is 0.490 e. The van der Waals surface area contributed by atoms with Gasteiger partial charge in [0.25, 0.3) is 0 Å². The summed E-state index contributed by atoms with van der Waals surface area (Å²) in [7, 11) is 0. The minimum Gasteiger partial charge on any atom is -0.490 e. The molecular formula is C14H17NO2. The van der Waals surface area contributed by atoms with Crippen molar-refractivity contribution in [3.05, 3.63) is 36.8 Å². The fourth-order valence-electron chi connectivity index (χ4n) is 2.07. The molecule has 0 saturated carbocycles. The first-order valence-corrected chi connectivity index (χ1v) is 5.93. The number of amides is 1. The minimum atomic E-state index is 0.146. The second-order valence-corrected chi connectivity index (χ2v) is 4.40. The fourth-order valence-corrected chi connectivity index (χ4v) is 2.07. The average molecular weight is 231 g/mol. The van der Waals surface area contributed by atoms with Crippen molar-refractivity contribution < 1.29 is 9.53 Å². The van der Waals surface area contributed by atoms with Gasteiger partial charge in [-0.15, -0.1) is 0 Å². The lowest BCUT2D eigenvalue weighted by Gasteiger charge is -2.31. The van der Waals surface area contributed by atoms with Gasteiger partial charge >= 0.3 is 0 Å². The lowest BCUT2D eigenvalue weighted by Crippen LogP contribution is -2.40. The molecule has 1 amide bonds. The summed E-state index contributed by atoms with van der Waals surface area (Å²) in [5, 5.41) is 0. The van der Waals surface area contributed by atoms with E-state index in [4.69, 9.17) is 11.7 Å². The van der Waals surface area contributed by atoms with E-state index in [0.717, 1.165) is 31.7 Å². The minimum absolute atomic E-state index is 0.146. The highest BCUT2D eigenvalue weighted by molar-refractivity contribution is 5.73. The molecule has 0 bridgehead atoms. The van der Waals surface area contributed by atoms with Crippen LogP contribution in [-0.4, -0.2) is 30.0 Å². The van der Waals surface area contributed by atoms with Crippen LogP contribution < -0.4 is 4.74 Å². The third-order valence-electron chi connectivity index (χ3n) is 3.05. The highest BCUT2D eigenvalue weighted by Gasteiger charge is 2.21. The monoisotopic (exact) mass is 231 g/mol. The first kappa shape index (κ1) is 12.0. The maximum absolute atomic E-state index is 11.2.